The highest BCUT2D eigenvalue weighted by Crippen LogP contribution is 2.47. The standard InChI is InChI=1S/C10H15N3O3/c11-5-1-6-8-4(9(5)16-6)2-13(10(8)15)3-7(12)14/h4-6,8-9H,1-3,11H2,(H2,12,14). The van der Waals surface area contributed by atoms with Crippen molar-refractivity contribution in [2.75, 3.05) is 13.1 Å². The van der Waals surface area contributed by atoms with Gasteiger partial charge in [0.1, 0.15) is 0 Å². The number of nitrogens with two attached hydrogens (primary N) is 2. The van der Waals surface area contributed by atoms with Crippen LogP contribution in [-0.2, 0) is 14.3 Å². The van der Waals surface area contributed by atoms with Gasteiger partial charge >= 0.3 is 0 Å². The van der Waals surface area contributed by atoms with Gasteiger partial charge in [-0.2, -0.15) is 0 Å². The molecule has 0 spiro atoms. The first-order valence-electron chi connectivity index (χ1n) is 5.56. The van der Waals surface area contributed by atoms with E-state index in [0.717, 1.165) is 6.42 Å². The second kappa shape index (κ2) is 3.18. The number of fused-ring (bicyclic) bond motifs is 5. The molecule has 16 heavy (non-hydrogen) atoms. The van der Waals surface area contributed by atoms with Crippen LogP contribution in [0.3, 0.4) is 0 Å². The van der Waals surface area contributed by atoms with E-state index < -0.39 is 5.91 Å². The van der Waals surface area contributed by atoms with Gasteiger partial charge in [0.25, 0.3) is 0 Å². The fourth-order valence-corrected chi connectivity index (χ4v) is 3.34. The summed E-state index contributed by atoms with van der Waals surface area (Å²) < 4.78 is 5.69. The number of hydrogen-bond donors (Lipinski definition) is 2. The number of carbonyl (C=O) groups is 2. The Morgan fingerprint density at radius 2 is 2.31 bits per heavy atom. The third-order valence-corrected chi connectivity index (χ3v) is 3.92. The summed E-state index contributed by atoms with van der Waals surface area (Å²) in [6.45, 7) is 0.571. The third-order valence-electron chi connectivity index (χ3n) is 3.92. The van der Waals surface area contributed by atoms with E-state index in [0.29, 0.717) is 6.54 Å². The van der Waals surface area contributed by atoms with E-state index in [1.54, 1.807) is 0 Å². The lowest BCUT2D eigenvalue weighted by atomic mass is 9.79. The number of nitrogens with zero attached hydrogens (tertiary/aromatic N) is 1. The molecule has 0 saturated carbocycles. The highest BCUT2D eigenvalue weighted by molar-refractivity contribution is 5.87. The SMILES string of the molecule is NC(=O)CN1CC2C3OC(CC3N)C2C1=O. The van der Waals surface area contributed by atoms with Crippen LogP contribution < -0.4 is 11.5 Å². The summed E-state index contributed by atoms with van der Waals surface area (Å²) in [5, 5.41) is 0. The molecule has 4 N–H and O–H groups in total. The Bertz CT molecular complexity index is 359. The normalized spacial score (nSPS) is 45.2. The number of carbonyl (C=O) groups excluding carboxylic acids is 2. The number of likely N-dealkylation sites (tertiary alicyclic amines) is 1. The monoisotopic (exact) mass is 225 g/mol. The predicted octanol–water partition coefficient (Wildman–Crippen LogP) is -1.96. The molecule has 3 aliphatic heterocycles. The highest BCUT2D eigenvalue weighted by atomic mass is 16.5. The fraction of sp³-hybridized carbons (Fsp3) is 0.800. The van der Waals surface area contributed by atoms with Crippen molar-refractivity contribution in [2.45, 2.75) is 24.7 Å². The predicted molar refractivity (Wildman–Crippen MR) is 54.0 cm³/mol. The maximum atomic E-state index is 12.0. The van der Waals surface area contributed by atoms with Crippen LogP contribution in [0.5, 0.6) is 0 Å². The van der Waals surface area contributed by atoms with Gasteiger partial charge in [-0.25, -0.2) is 0 Å². The number of ether oxygens (including phenoxy) is 1. The van der Waals surface area contributed by atoms with E-state index in [9.17, 15) is 9.59 Å². The van der Waals surface area contributed by atoms with Gasteiger partial charge in [-0.1, -0.05) is 0 Å². The summed E-state index contributed by atoms with van der Waals surface area (Å²) in [5.41, 5.74) is 11.0. The van der Waals surface area contributed by atoms with Crippen LogP contribution in [0, 0.1) is 11.8 Å². The van der Waals surface area contributed by atoms with Crippen LogP contribution in [-0.4, -0.2) is 48.1 Å². The number of rotatable bonds is 2. The number of amides is 2. The van der Waals surface area contributed by atoms with E-state index in [1.165, 1.54) is 4.90 Å². The minimum absolute atomic E-state index is 0.00296. The van der Waals surface area contributed by atoms with Crippen molar-refractivity contribution in [1.29, 1.82) is 0 Å². The van der Waals surface area contributed by atoms with Crippen molar-refractivity contribution in [2.24, 2.45) is 23.3 Å². The Hall–Kier alpha value is -1.14. The molecule has 5 atom stereocenters. The average molecular weight is 225 g/mol. The molecule has 0 aromatic heterocycles. The molecule has 0 radical (unpaired) electrons. The summed E-state index contributed by atoms with van der Waals surface area (Å²) in [6, 6.07) is 0.0348. The Labute approximate surface area is 92.9 Å². The molecular weight excluding hydrogens is 210 g/mol. The van der Waals surface area contributed by atoms with Crippen LogP contribution in [0.2, 0.25) is 0 Å². The summed E-state index contributed by atoms with van der Waals surface area (Å²) in [5.74, 6) is -0.404. The van der Waals surface area contributed by atoms with Gasteiger partial charge < -0.3 is 21.1 Å². The largest absolute Gasteiger partial charge is 0.372 e. The first-order valence-corrected chi connectivity index (χ1v) is 5.56. The second-order valence-corrected chi connectivity index (χ2v) is 4.91. The molecule has 0 aromatic rings. The average Bonchev–Trinajstić information content (AvgIpc) is 2.78. The Balaban J connectivity index is 1.79. The molecule has 3 aliphatic rings. The van der Waals surface area contributed by atoms with Crippen molar-refractivity contribution in [3.63, 3.8) is 0 Å². The quantitative estimate of drug-likeness (QED) is 0.570. The third kappa shape index (κ3) is 1.20. The zero-order valence-corrected chi connectivity index (χ0v) is 8.83. The molecule has 2 amide bonds. The molecule has 0 aromatic carbocycles. The van der Waals surface area contributed by atoms with Crippen LogP contribution in [0.4, 0.5) is 0 Å². The lowest BCUT2D eigenvalue weighted by Gasteiger charge is -2.22. The Morgan fingerprint density at radius 3 is 3.00 bits per heavy atom. The maximum Gasteiger partial charge on any atom is 0.237 e. The number of hydrogen-bond acceptors (Lipinski definition) is 4. The molecular formula is C10H15N3O3. The van der Waals surface area contributed by atoms with E-state index in [-0.39, 0.29) is 42.5 Å². The molecule has 3 heterocycles. The van der Waals surface area contributed by atoms with E-state index in [4.69, 9.17) is 16.2 Å². The van der Waals surface area contributed by atoms with E-state index >= 15 is 0 Å². The van der Waals surface area contributed by atoms with Gasteiger partial charge in [-0.05, 0) is 6.42 Å². The van der Waals surface area contributed by atoms with Gasteiger partial charge in [-0.3, -0.25) is 9.59 Å². The van der Waals surface area contributed by atoms with Crippen molar-refractivity contribution < 1.29 is 14.3 Å². The lowest BCUT2D eigenvalue weighted by molar-refractivity contribution is -0.136. The molecule has 3 saturated heterocycles. The zero-order chi connectivity index (χ0) is 11.4. The molecule has 2 bridgehead atoms. The molecule has 6 nitrogen and oxygen atoms in total. The minimum atomic E-state index is -0.467. The molecule has 5 unspecified atom stereocenters. The topological polar surface area (TPSA) is 98.7 Å². The minimum Gasteiger partial charge on any atom is -0.372 e. The van der Waals surface area contributed by atoms with Crippen LogP contribution in [0.1, 0.15) is 6.42 Å². The summed E-state index contributed by atoms with van der Waals surface area (Å²) in [4.78, 5) is 24.4. The molecule has 6 heteroatoms. The van der Waals surface area contributed by atoms with Crippen LogP contribution >= 0.6 is 0 Å². The van der Waals surface area contributed by atoms with Gasteiger partial charge in [-0.15, -0.1) is 0 Å². The Kier molecular flexibility index (Phi) is 1.99. The van der Waals surface area contributed by atoms with Gasteiger partial charge in [0.2, 0.25) is 11.8 Å². The van der Waals surface area contributed by atoms with Crippen molar-refractivity contribution in [3.05, 3.63) is 0 Å². The fourth-order valence-electron chi connectivity index (χ4n) is 3.34. The maximum absolute atomic E-state index is 12.0. The zero-order valence-electron chi connectivity index (χ0n) is 8.83. The van der Waals surface area contributed by atoms with E-state index in [2.05, 4.69) is 0 Å². The van der Waals surface area contributed by atoms with E-state index in [1.807, 2.05) is 0 Å². The van der Waals surface area contributed by atoms with Crippen LogP contribution in [0.25, 0.3) is 0 Å². The highest BCUT2D eigenvalue weighted by Gasteiger charge is 2.60. The molecule has 3 fully saturated rings. The van der Waals surface area contributed by atoms with Gasteiger partial charge in [0.05, 0.1) is 24.7 Å². The summed E-state index contributed by atoms with van der Waals surface area (Å²) in [7, 11) is 0. The first kappa shape index (κ1) is 10.0. The van der Waals surface area contributed by atoms with Gasteiger partial charge in [0.15, 0.2) is 0 Å². The van der Waals surface area contributed by atoms with Crippen molar-refractivity contribution in [1.82, 2.24) is 4.90 Å². The summed E-state index contributed by atoms with van der Waals surface area (Å²) >= 11 is 0. The van der Waals surface area contributed by atoms with Crippen LogP contribution in [0.15, 0.2) is 0 Å². The number of primary amides is 1. The molecule has 88 valence electrons. The van der Waals surface area contributed by atoms with Crippen molar-refractivity contribution >= 4 is 11.8 Å². The van der Waals surface area contributed by atoms with Crippen molar-refractivity contribution in [3.8, 4) is 0 Å². The lowest BCUT2D eigenvalue weighted by Crippen LogP contribution is -2.41. The smallest absolute Gasteiger partial charge is 0.237 e. The Morgan fingerprint density at radius 1 is 1.56 bits per heavy atom. The second-order valence-electron chi connectivity index (χ2n) is 4.91. The summed E-state index contributed by atoms with van der Waals surface area (Å²) in [6.07, 6.45) is 0.689. The first-order chi connectivity index (χ1) is 7.58. The van der Waals surface area contributed by atoms with Gasteiger partial charge in [0, 0.05) is 18.5 Å². The molecule has 0 aliphatic carbocycles. The molecule has 3 rings (SSSR count).